The van der Waals surface area contributed by atoms with Gasteiger partial charge in [-0.3, -0.25) is 19.7 Å². The summed E-state index contributed by atoms with van der Waals surface area (Å²) in [7, 11) is 0. The van der Waals surface area contributed by atoms with Crippen LogP contribution in [0.4, 0.5) is 4.39 Å². The SMILES string of the molecule is CCC1(N2Cc3c(cc(F)cc3C3CCCC3)C2=O)CCC(=O)NC1=O. The van der Waals surface area contributed by atoms with Crippen LogP contribution >= 0.6 is 0 Å². The molecule has 4 rings (SSSR count). The van der Waals surface area contributed by atoms with Gasteiger partial charge in [0.1, 0.15) is 11.4 Å². The van der Waals surface area contributed by atoms with Gasteiger partial charge >= 0.3 is 0 Å². The Morgan fingerprint density at radius 1 is 1.23 bits per heavy atom. The van der Waals surface area contributed by atoms with Crippen molar-refractivity contribution in [1.82, 2.24) is 10.2 Å². The van der Waals surface area contributed by atoms with Crippen LogP contribution in [0.2, 0.25) is 0 Å². The number of nitrogens with one attached hydrogen (secondary N) is 1. The molecule has 1 atom stereocenters. The van der Waals surface area contributed by atoms with E-state index in [2.05, 4.69) is 5.32 Å². The molecule has 0 radical (unpaired) electrons. The van der Waals surface area contributed by atoms with Crippen molar-refractivity contribution in [3.05, 3.63) is 34.6 Å². The lowest BCUT2D eigenvalue weighted by Gasteiger charge is -2.42. The molecule has 26 heavy (non-hydrogen) atoms. The lowest BCUT2D eigenvalue weighted by Crippen LogP contribution is -2.62. The molecule has 0 bridgehead atoms. The number of hydrogen-bond acceptors (Lipinski definition) is 3. The first-order valence-corrected chi connectivity index (χ1v) is 9.45. The Morgan fingerprint density at radius 3 is 2.62 bits per heavy atom. The van der Waals surface area contributed by atoms with Gasteiger partial charge in [0, 0.05) is 18.5 Å². The van der Waals surface area contributed by atoms with E-state index in [0.717, 1.165) is 36.8 Å². The molecule has 1 N–H and O–H groups in total. The fraction of sp³-hybridized carbons (Fsp3) is 0.550. The minimum atomic E-state index is -1.03. The maximum atomic E-state index is 14.2. The molecule has 3 amide bonds. The van der Waals surface area contributed by atoms with Gasteiger partial charge in [0.05, 0.1) is 0 Å². The van der Waals surface area contributed by atoms with Crippen molar-refractivity contribution in [3.8, 4) is 0 Å². The molecule has 0 aromatic heterocycles. The van der Waals surface area contributed by atoms with E-state index in [1.807, 2.05) is 6.92 Å². The van der Waals surface area contributed by atoms with Gasteiger partial charge in [-0.1, -0.05) is 19.8 Å². The van der Waals surface area contributed by atoms with Crippen molar-refractivity contribution in [3.63, 3.8) is 0 Å². The van der Waals surface area contributed by atoms with Crippen LogP contribution in [0.15, 0.2) is 12.1 Å². The standard InChI is InChI=1S/C20H23FN2O3/c1-2-20(8-7-17(24)22-19(20)26)23-11-16-14(12-5-3-4-6-12)9-13(21)10-15(16)18(23)25/h9-10,12H,2-8,11H2,1H3,(H,22,24,26). The molecule has 2 aliphatic heterocycles. The number of carbonyl (C=O) groups excluding carboxylic acids is 3. The van der Waals surface area contributed by atoms with Crippen LogP contribution in [-0.4, -0.2) is 28.2 Å². The lowest BCUT2D eigenvalue weighted by molar-refractivity contribution is -0.143. The first kappa shape index (κ1) is 17.2. The highest BCUT2D eigenvalue weighted by atomic mass is 19.1. The fourth-order valence-corrected chi connectivity index (χ4v) is 4.87. The van der Waals surface area contributed by atoms with Crippen LogP contribution in [0.5, 0.6) is 0 Å². The van der Waals surface area contributed by atoms with Crippen molar-refractivity contribution in [1.29, 1.82) is 0 Å². The third-order valence-corrected chi connectivity index (χ3v) is 6.38. The highest BCUT2D eigenvalue weighted by Crippen LogP contribution is 2.42. The Kier molecular flexibility index (Phi) is 4.09. The summed E-state index contributed by atoms with van der Waals surface area (Å²) in [6, 6.07) is 2.86. The first-order valence-electron chi connectivity index (χ1n) is 9.45. The van der Waals surface area contributed by atoms with E-state index in [9.17, 15) is 18.8 Å². The summed E-state index contributed by atoms with van der Waals surface area (Å²) in [5, 5.41) is 2.38. The van der Waals surface area contributed by atoms with Gasteiger partial charge in [-0.25, -0.2) is 4.39 Å². The van der Waals surface area contributed by atoms with Gasteiger partial charge in [0.15, 0.2) is 0 Å². The molecule has 0 spiro atoms. The molecule has 6 heteroatoms. The third kappa shape index (κ3) is 2.46. The van der Waals surface area contributed by atoms with Crippen LogP contribution < -0.4 is 5.32 Å². The second kappa shape index (κ2) is 6.18. The quantitative estimate of drug-likeness (QED) is 0.845. The second-order valence-electron chi connectivity index (χ2n) is 7.66. The van der Waals surface area contributed by atoms with Crippen molar-refractivity contribution in [2.24, 2.45) is 0 Å². The largest absolute Gasteiger partial charge is 0.320 e. The molecule has 2 fully saturated rings. The Bertz CT molecular complexity index is 800. The number of nitrogens with zero attached hydrogens (tertiary/aromatic N) is 1. The van der Waals surface area contributed by atoms with E-state index in [1.165, 1.54) is 6.07 Å². The smallest absolute Gasteiger partial charge is 0.255 e. The third-order valence-electron chi connectivity index (χ3n) is 6.38. The average Bonchev–Trinajstić information content (AvgIpc) is 3.25. The Hall–Kier alpha value is -2.24. The zero-order valence-electron chi connectivity index (χ0n) is 14.9. The van der Waals surface area contributed by atoms with Crippen LogP contribution in [0.25, 0.3) is 0 Å². The van der Waals surface area contributed by atoms with E-state index >= 15 is 0 Å². The number of piperidine rings is 1. The average molecular weight is 358 g/mol. The normalized spacial score (nSPS) is 26.4. The van der Waals surface area contributed by atoms with Gasteiger partial charge < -0.3 is 4.90 Å². The number of carbonyl (C=O) groups is 3. The van der Waals surface area contributed by atoms with Gasteiger partial charge in [0.25, 0.3) is 11.8 Å². The zero-order chi connectivity index (χ0) is 18.5. The first-order chi connectivity index (χ1) is 12.5. The van der Waals surface area contributed by atoms with Gasteiger partial charge in [-0.15, -0.1) is 0 Å². The van der Waals surface area contributed by atoms with Crippen molar-refractivity contribution in [2.75, 3.05) is 0 Å². The van der Waals surface area contributed by atoms with Crippen LogP contribution in [0, 0.1) is 5.82 Å². The molecule has 5 nitrogen and oxygen atoms in total. The van der Waals surface area contributed by atoms with E-state index in [-0.39, 0.29) is 24.2 Å². The Morgan fingerprint density at radius 2 is 1.96 bits per heavy atom. The highest BCUT2D eigenvalue weighted by molar-refractivity contribution is 6.07. The molecule has 1 saturated carbocycles. The number of benzene rings is 1. The summed E-state index contributed by atoms with van der Waals surface area (Å²) in [6.07, 6.45) is 5.22. The monoisotopic (exact) mass is 358 g/mol. The molecule has 1 unspecified atom stereocenters. The van der Waals surface area contributed by atoms with Gasteiger partial charge in [-0.2, -0.15) is 0 Å². The number of fused-ring (bicyclic) bond motifs is 1. The summed E-state index contributed by atoms with van der Waals surface area (Å²) in [5.41, 5.74) is 1.13. The summed E-state index contributed by atoms with van der Waals surface area (Å²) in [6.45, 7) is 2.17. The molecular weight excluding hydrogens is 335 g/mol. The Labute approximate surface area is 151 Å². The van der Waals surface area contributed by atoms with Crippen molar-refractivity contribution in [2.45, 2.75) is 69.9 Å². The summed E-state index contributed by atoms with van der Waals surface area (Å²) >= 11 is 0. The maximum absolute atomic E-state index is 14.2. The molecule has 138 valence electrons. The fourth-order valence-electron chi connectivity index (χ4n) is 4.87. The predicted molar refractivity (Wildman–Crippen MR) is 92.9 cm³/mol. The molecule has 2 heterocycles. The zero-order valence-corrected chi connectivity index (χ0v) is 14.9. The van der Waals surface area contributed by atoms with Crippen molar-refractivity contribution >= 4 is 17.7 Å². The highest BCUT2D eigenvalue weighted by Gasteiger charge is 2.51. The number of halogens is 1. The molecule has 3 aliphatic rings. The lowest BCUT2D eigenvalue weighted by atomic mass is 9.84. The number of imide groups is 1. The van der Waals surface area contributed by atoms with Crippen molar-refractivity contribution < 1.29 is 18.8 Å². The summed E-state index contributed by atoms with van der Waals surface area (Å²) in [5.74, 6) is -1.13. The molecule has 1 aromatic carbocycles. The maximum Gasteiger partial charge on any atom is 0.255 e. The van der Waals surface area contributed by atoms with E-state index < -0.39 is 17.3 Å². The van der Waals surface area contributed by atoms with Gasteiger partial charge in [0.2, 0.25) is 5.91 Å². The Balaban J connectivity index is 1.75. The minimum absolute atomic E-state index is 0.212. The summed E-state index contributed by atoms with van der Waals surface area (Å²) < 4.78 is 14.2. The number of amides is 3. The van der Waals surface area contributed by atoms with E-state index in [1.54, 1.807) is 11.0 Å². The topological polar surface area (TPSA) is 66.5 Å². The van der Waals surface area contributed by atoms with Crippen LogP contribution in [0.3, 0.4) is 0 Å². The van der Waals surface area contributed by atoms with Crippen LogP contribution in [0.1, 0.15) is 79.3 Å². The number of rotatable bonds is 3. The molecular formula is C20H23FN2O3. The minimum Gasteiger partial charge on any atom is -0.320 e. The molecule has 1 saturated heterocycles. The molecule has 1 aromatic rings. The second-order valence-corrected chi connectivity index (χ2v) is 7.66. The van der Waals surface area contributed by atoms with E-state index in [4.69, 9.17) is 0 Å². The molecule has 1 aliphatic carbocycles. The van der Waals surface area contributed by atoms with E-state index in [0.29, 0.717) is 24.9 Å². The predicted octanol–water partition coefficient (Wildman–Crippen LogP) is 3.02. The van der Waals surface area contributed by atoms with Gasteiger partial charge in [-0.05, 0) is 54.9 Å². The summed E-state index contributed by atoms with van der Waals surface area (Å²) in [4.78, 5) is 38.9. The number of hydrogen-bond donors (Lipinski definition) is 1. The van der Waals surface area contributed by atoms with Crippen LogP contribution in [-0.2, 0) is 16.1 Å².